The lowest BCUT2D eigenvalue weighted by Gasteiger charge is -2.20. The van der Waals surface area contributed by atoms with Gasteiger partial charge in [0, 0.05) is 18.8 Å². The number of rotatable bonds is 8. The Morgan fingerprint density at radius 2 is 1.85 bits per heavy atom. The van der Waals surface area contributed by atoms with Crippen molar-refractivity contribution in [2.24, 2.45) is 0 Å². The summed E-state index contributed by atoms with van der Waals surface area (Å²) in [5.74, 6) is 0.476. The van der Waals surface area contributed by atoms with Crippen LogP contribution in [0, 0.1) is 6.92 Å². The molecule has 0 N–H and O–H groups in total. The molecule has 0 saturated heterocycles. The summed E-state index contributed by atoms with van der Waals surface area (Å²) in [7, 11) is 0. The molecule has 3 aromatic rings. The molecular weight excluding hydrogens is 356 g/mol. The van der Waals surface area contributed by atoms with E-state index in [0.29, 0.717) is 12.3 Å². The first kappa shape index (κ1) is 19.2. The van der Waals surface area contributed by atoms with Crippen molar-refractivity contribution in [3.05, 3.63) is 72.1 Å². The van der Waals surface area contributed by atoms with Gasteiger partial charge in [-0.05, 0) is 38.0 Å². The molecule has 0 atom stereocenters. The zero-order chi connectivity index (χ0) is 19.1. The number of carbonyl (C=O) groups is 1. The molecule has 2 aromatic carbocycles. The molecule has 1 aromatic heterocycles. The number of likely N-dealkylation sites (N-methyl/N-ethyl adjacent to an activating group) is 1. The van der Waals surface area contributed by atoms with Crippen molar-refractivity contribution in [2.75, 3.05) is 18.8 Å². The SMILES string of the molecule is CCN(CCc1ccccc1)C(=O)CSc1nncn1-c1ccc(C)cc1. The molecule has 6 heteroatoms. The summed E-state index contributed by atoms with van der Waals surface area (Å²) < 4.78 is 1.91. The van der Waals surface area contributed by atoms with Gasteiger partial charge in [0.25, 0.3) is 0 Å². The van der Waals surface area contributed by atoms with Crippen LogP contribution in [0.15, 0.2) is 66.1 Å². The number of aryl methyl sites for hydroxylation is 1. The number of hydrogen-bond donors (Lipinski definition) is 0. The van der Waals surface area contributed by atoms with Crippen molar-refractivity contribution in [2.45, 2.75) is 25.4 Å². The van der Waals surface area contributed by atoms with Gasteiger partial charge in [-0.25, -0.2) is 0 Å². The average molecular weight is 381 g/mol. The normalized spacial score (nSPS) is 10.7. The maximum atomic E-state index is 12.6. The number of aromatic nitrogens is 3. The van der Waals surface area contributed by atoms with E-state index in [2.05, 4.69) is 41.4 Å². The van der Waals surface area contributed by atoms with Crippen molar-refractivity contribution in [3.63, 3.8) is 0 Å². The minimum atomic E-state index is 0.122. The Kier molecular flexibility index (Phi) is 6.65. The minimum Gasteiger partial charge on any atom is -0.342 e. The summed E-state index contributed by atoms with van der Waals surface area (Å²) in [4.78, 5) is 14.5. The first-order chi connectivity index (χ1) is 13.2. The van der Waals surface area contributed by atoms with Crippen molar-refractivity contribution in [3.8, 4) is 5.69 Å². The highest BCUT2D eigenvalue weighted by molar-refractivity contribution is 7.99. The molecule has 27 heavy (non-hydrogen) atoms. The van der Waals surface area contributed by atoms with Crippen LogP contribution < -0.4 is 0 Å². The third-order valence-electron chi connectivity index (χ3n) is 4.40. The van der Waals surface area contributed by atoms with Crippen LogP contribution in [0.1, 0.15) is 18.1 Å². The molecule has 0 spiro atoms. The molecule has 5 nitrogen and oxygen atoms in total. The predicted octanol–water partition coefficient (Wildman–Crippen LogP) is 3.76. The number of benzene rings is 2. The van der Waals surface area contributed by atoms with E-state index in [1.54, 1.807) is 6.33 Å². The largest absolute Gasteiger partial charge is 0.342 e. The summed E-state index contributed by atoms with van der Waals surface area (Å²) in [6.07, 6.45) is 2.55. The van der Waals surface area contributed by atoms with Gasteiger partial charge in [0.15, 0.2) is 5.16 Å². The van der Waals surface area contributed by atoms with Gasteiger partial charge >= 0.3 is 0 Å². The van der Waals surface area contributed by atoms with Gasteiger partial charge in [-0.2, -0.15) is 0 Å². The monoisotopic (exact) mass is 380 g/mol. The standard InChI is InChI=1S/C21H24N4OS/c1-3-24(14-13-18-7-5-4-6-8-18)20(26)15-27-21-23-22-16-25(21)19-11-9-17(2)10-12-19/h4-12,16H,3,13-15H2,1-2H3. The number of nitrogens with zero attached hydrogens (tertiary/aromatic N) is 4. The highest BCUT2D eigenvalue weighted by Crippen LogP contribution is 2.20. The lowest BCUT2D eigenvalue weighted by molar-refractivity contribution is -0.128. The topological polar surface area (TPSA) is 51.0 Å². The molecule has 3 rings (SSSR count). The maximum absolute atomic E-state index is 12.6. The van der Waals surface area contributed by atoms with Gasteiger partial charge in [-0.15, -0.1) is 10.2 Å². The zero-order valence-corrected chi connectivity index (χ0v) is 16.5. The Morgan fingerprint density at radius 1 is 1.11 bits per heavy atom. The van der Waals surface area contributed by atoms with Gasteiger partial charge in [0.1, 0.15) is 6.33 Å². The summed E-state index contributed by atoms with van der Waals surface area (Å²) in [5.41, 5.74) is 3.45. The molecule has 0 radical (unpaired) electrons. The molecule has 0 fully saturated rings. The second kappa shape index (κ2) is 9.37. The Balaban J connectivity index is 1.58. The second-order valence-corrected chi connectivity index (χ2v) is 7.26. The molecule has 0 unspecified atom stereocenters. The lowest BCUT2D eigenvalue weighted by Crippen LogP contribution is -2.34. The fourth-order valence-electron chi connectivity index (χ4n) is 2.79. The Morgan fingerprint density at radius 3 is 2.56 bits per heavy atom. The van der Waals surface area contributed by atoms with E-state index in [9.17, 15) is 4.79 Å². The van der Waals surface area contributed by atoms with Gasteiger partial charge < -0.3 is 4.90 Å². The van der Waals surface area contributed by atoms with Crippen LogP contribution in [0.2, 0.25) is 0 Å². The lowest BCUT2D eigenvalue weighted by atomic mass is 10.1. The zero-order valence-electron chi connectivity index (χ0n) is 15.7. The van der Waals surface area contributed by atoms with E-state index in [1.165, 1.54) is 22.9 Å². The third kappa shape index (κ3) is 5.20. The van der Waals surface area contributed by atoms with Crippen LogP contribution in [0.4, 0.5) is 0 Å². The Hall–Kier alpha value is -2.60. The summed E-state index contributed by atoms with van der Waals surface area (Å²) in [6, 6.07) is 18.4. The van der Waals surface area contributed by atoms with Crippen LogP contribution >= 0.6 is 11.8 Å². The summed E-state index contributed by atoms with van der Waals surface area (Å²) in [6.45, 7) is 5.50. The molecule has 0 aliphatic carbocycles. The van der Waals surface area contributed by atoms with Gasteiger partial charge in [-0.3, -0.25) is 9.36 Å². The van der Waals surface area contributed by atoms with E-state index in [4.69, 9.17) is 0 Å². The quantitative estimate of drug-likeness (QED) is 0.559. The molecule has 0 aliphatic rings. The highest BCUT2D eigenvalue weighted by atomic mass is 32.2. The van der Waals surface area contributed by atoms with Crippen molar-refractivity contribution in [1.82, 2.24) is 19.7 Å². The number of hydrogen-bond acceptors (Lipinski definition) is 4. The number of thioether (sulfide) groups is 1. The van der Waals surface area contributed by atoms with Crippen LogP contribution in [0.3, 0.4) is 0 Å². The predicted molar refractivity (Wildman–Crippen MR) is 109 cm³/mol. The second-order valence-electron chi connectivity index (χ2n) is 6.32. The van der Waals surface area contributed by atoms with Crippen molar-refractivity contribution < 1.29 is 4.79 Å². The van der Waals surface area contributed by atoms with Crippen molar-refractivity contribution in [1.29, 1.82) is 0 Å². The smallest absolute Gasteiger partial charge is 0.233 e. The molecule has 0 aliphatic heterocycles. The third-order valence-corrected chi connectivity index (χ3v) is 5.33. The molecule has 140 valence electrons. The van der Waals surface area contributed by atoms with E-state index >= 15 is 0 Å². The summed E-state index contributed by atoms with van der Waals surface area (Å²) in [5, 5.41) is 8.91. The van der Waals surface area contributed by atoms with Gasteiger partial charge in [0.05, 0.1) is 5.75 Å². The Labute approximate surface area is 164 Å². The van der Waals surface area contributed by atoms with Crippen LogP contribution in [0.5, 0.6) is 0 Å². The number of carbonyl (C=O) groups excluding carboxylic acids is 1. The van der Waals surface area contributed by atoms with E-state index in [-0.39, 0.29) is 5.91 Å². The Bertz CT molecular complexity index is 861. The average Bonchev–Trinajstić information content (AvgIpc) is 3.17. The van der Waals surface area contributed by atoms with Gasteiger partial charge in [0.2, 0.25) is 5.91 Å². The fraction of sp³-hybridized carbons (Fsp3) is 0.286. The van der Waals surface area contributed by atoms with E-state index in [0.717, 1.165) is 23.8 Å². The first-order valence-electron chi connectivity index (χ1n) is 9.09. The van der Waals surface area contributed by atoms with E-state index < -0.39 is 0 Å². The molecule has 1 heterocycles. The molecular formula is C21H24N4OS. The molecule has 0 bridgehead atoms. The minimum absolute atomic E-state index is 0.122. The van der Waals surface area contributed by atoms with E-state index in [1.807, 2.05) is 46.7 Å². The van der Waals surface area contributed by atoms with Crippen LogP contribution in [0.25, 0.3) is 5.69 Å². The first-order valence-corrected chi connectivity index (χ1v) is 10.1. The van der Waals surface area contributed by atoms with Gasteiger partial charge in [-0.1, -0.05) is 59.8 Å². The fourth-order valence-corrected chi connectivity index (χ4v) is 3.62. The van der Waals surface area contributed by atoms with Crippen LogP contribution in [-0.2, 0) is 11.2 Å². The van der Waals surface area contributed by atoms with Crippen LogP contribution in [-0.4, -0.2) is 44.4 Å². The maximum Gasteiger partial charge on any atom is 0.233 e. The molecule has 1 amide bonds. The van der Waals surface area contributed by atoms with Crippen molar-refractivity contribution >= 4 is 17.7 Å². The summed E-state index contributed by atoms with van der Waals surface area (Å²) >= 11 is 1.42. The molecule has 0 saturated carbocycles. The highest BCUT2D eigenvalue weighted by Gasteiger charge is 2.15. The number of amides is 1.